The second-order valence-electron chi connectivity index (χ2n) is 4.67. The van der Waals surface area contributed by atoms with E-state index in [1.54, 1.807) is 0 Å². The van der Waals surface area contributed by atoms with Gasteiger partial charge in [-0.3, -0.25) is 0 Å². The highest BCUT2D eigenvalue weighted by Crippen LogP contribution is 2.24. The van der Waals surface area contributed by atoms with Crippen LogP contribution >= 0.6 is 23.2 Å². The molecule has 0 aliphatic carbocycles. The van der Waals surface area contributed by atoms with E-state index in [-0.39, 0.29) is 17.0 Å². The Hall–Kier alpha value is -0.510. The van der Waals surface area contributed by atoms with Gasteiger partial charge in [0.15, 0.2) is 0 Å². The number of rotatable bonds is 3. The zero-order chi connectivity index (χ0) is 13.3. The van der Waals surface area contributed by atoms with Gasteiger partial charge in [-0.15, -0.1) is 0 Å². The molecule has 0 bridgehead atoms. The highest BCUT2D eigenvalue weighted by atomic mass is 79.9. The number of hydrogen-bond acceptors (Lipinski definition) is 0. The van der Waals surface area contributed by atoms with Crippen LogP contribution in [0.4, 0.5) is 0 Å². The van der Waals surface area contributed by atoms with E-state index in [1.807, 2.05) is 18.2 Å². The van der Waals surface area contributed by atoms with Crippen LogP contribution in [0.15, 0.2) is 30.6 Å². The first-order valence-electron chi connectivity index (χ1n) is 6.00. The molecule has 19 heavy (non-hydrogen) atoms. The van der Waals surface area contributed by atoms with Gasteiger partial charge < -0.3 is 17.0 Å². The van der Waals surface area contributed by atoms with E-state index in [1.165, 1.54) is 5.82 Å². The molecule has 0 unspecified atom stereocenters. The van der Waals surface area contributed by atoms with Crippen molar-refractivity contribution in [3.8, 4) is 0 Å². The van der Waals surface area contributed by atoms with Crippen LogP contribution in [-0.4, -0.2) is 4.57 Å². The van der Waals surface area contributed by atoms with Gasteiger partial charge in [-0.2, -0.15) is 0 Å². The molecule has 0 atom stereocenters. The van der Waals surface area contributed by atoms with Crippen LogP contribution in [0, 0.1) is 6.92 Å². The molecule has 1 heterocycles. The van der Waals surface area contributed by atoms with Crippen molar-refractivity contribution in [3.05, 3.63) is 52.0 Å². The SMILES string of the molecule is Cc1n(C(C)C)cc[n+]1Cc1c(Cl)cccc1Cl.[Br-]. The Morgan fingerprint density at radius 2 is 1.79 bits per heavy atom. The summed E-state index contributed by atoms with van der Waals surface area (Å²) < 4.78 is 4.39. The minimum absolute atomic E-state index is 0. The number of benzene rings is 1. The van der Waals surface area contributed by atoms with Crippen LogP contribution in [0.1, 0.15) is 31.3 Å². The summed E-state index contributed by atoms with van der Waals surface area (Å²) in [4.78, 5) is 0. The van der Waals surface area contributed by atoms with Gasteiger partial charge in [0, 0.05) is 22.5 Å². The first-order valence-corrected chi connectivity index (χ1v) is 6.76. The largest absolute Gasteiger partial charge is 1.00 e. The quantitative estimate of drug-likeness (QED) is 0.720. The standard InChI is InChI=1S/C14H17Cl2N2.BrH/c1-10(2)18-8-7-17(11(18)3)9-12-13(15)5-4-6-14(12)16;/h4-8,10H,9H2,1-3H3;1H/q+1;/p-1. The maximum Gasteiger partial charge on any atom is 0.253 e. The third-order valence-corrected chi connectivity index (χ3v) is 3.85. The average molecular weight is 364 g/mol. The summed E-state index contributed by atoms with van der Waals surface area (Å²) in [5, 5.41) is 1.43. The summed E-state index contributed by atoms with van der Waals surface area (Å²) in [6.07, 6.45) is 4.15. The van der Waals surface area contributed by atoms with Crippen LogP contribution in [0.2, 0.25) is 10.0 Å². The molecule has 0 saturated heterocycles. The minimum Gasteiger partial charge on any atom is -1.00 e. The molecule has 0 radical (unpaired) electrons. The van der Waals surface area contributed by atoms with Crippen LogP contribution in [0.3, 0.4) is 0 Å². The minimum atomic E-state index is 0. The number of hydrogen-bond donors (Lipinski definition) is 0. The van der Waals surface area contributed by atoms with E-state index in [0.29, 0.717) is 22.6 Å². The summed E-state index contributed by atoms with van der Waals surface area (Å²) in [7, 11) is 0. The third kappa shape index (κ3) is 3.53. The van der Waals surface area contributed by atoms with E-state index < -0.39 is 0 Å². The first-order chi connectivity index (χ1) is 8.50. The summed E-state index contributed by atoms with van der Waals surface area (Å²) >= 11 is 12.4. The lowest BCUT2D eigenvalue weighted by molar-refractivity contribution is -0.694. The molecule has 1 aromatic heterocycles. The van der Waals surface area contributed by atoms with E-state index in [4.69, 9.17) is 23.2 Å². The summed E-state index contributed by atoms with van der Waals surface area (Å²) in [6, 6.07) is 6.06. The molecule has 2 aromatic rings. The molecule has 5 heteroatoms. The Labute approximate surface area is 134 Å². The Morgan fingerprint density at radius 3 is 2.26 bits per heavy atom. The van der Waals surface area contributed by atoms with Gasteiger partial charge in [-0.1, -0.05) is 29.3 Å². The maximum absolute atomic E-state index is 6.20. The number of imidazole rings is 1. The predicted octanol–water partition coefficient (Wildman–Crippen LogP) is 1.02. The summed E-state index contributed by atoms with van der Waals surface area (Å²) in [6.45, 7) is 7.13. The lowest BCUT2D eigenvalue weighted by atomic mass is 10.2. The molecule has 0 saturated carbocycles. The lowest BCUT2D eigenvalue weighted by Crippen LogP contribution is -3.00. The van der Waals surface area contributed by atoms with Crippen LogP contribution in [0.25, 0.3) is 0 Å². The fraction of sp³-hybridized carbons (Fsp3) is 0.357. The van der Waals surface area contributed by atoms with E-state index in [9.17, 15) is 0 Å². The molecular formula is C14H17BrCl2N2. The average Bonchev–Trinajstić information content (AvgIpc) is 2.66. The molecular weight excluding hydrogens is 347 g/mol. The molecule has 0 fully saturated rings. The Morgan fingerprint density at radius 1 is 1.21 bits per heavy atom. The number of aromatic nitrogens is 2. The van der Waals surface area contributed by atoms with Crippen molar-refractivity contribution in [2.45, 2.75) is 33.4 Å². The second kappa shape index (κ2) is 6.78. The van der Waals surface area contributed by atoms with Crippen LogP contribution in [0.5, 0.6) is 0 Å². The second-order valence-corrected chi connectivity index (χ2v) is 5.49. The monoisotopic (exact) mass is 362 g/mol. The van der Waals surface area contributed by atoms with Crippen molar-refractivity contribution in [2.24, 2.45) is 0 Å². The zero-order valence-corrected chi connectivity index (χ0v) is 14.3. The van der Waals surface area contributed by atoms with Crippen molar-refractivity contribution < 1.29 is 21.5 Å². The summed E-state index contributed by atoms with van der Waals surface area (Å²) in [5.41, 5.74) is 0.968. The molecule has 0 aliphatic rings. The molecule has 0 amide bonds. The van der Waals surface area contributed by atoms with E-state index >= 15 is 0 Å². The molecule has 0 N–H and O–H groups in total. The van der Waals surface area contributed by atoms with Crippen molar-refractivity contribution in [1.82, 2.24) is 4.57 Å². The molecule has 0 spiro atoms. The van der Waals surface area contributed by atoms with Crippen molar-refractivity contribution in [2.75, 3.05) is 0 Å². The fourth-order valence-corrected chi connectivity index (χ4v) is 2.60. The number of nitrogens with zero attached hydrogens (tertiary/aromatic N) is 2. The summed E-state index contributed by atoms with van der Waals surface area (Å²) in [5.74, 6) is 1.20. The topological polar surface area (TPSA) is 8.81 Å². The van der Waals surface area contributed by atoms with Gasteiger partial charge in [0.25, 0.3) is 5.82 Å². The Kier molecular flexibility index (Phi) is 5.90. The van der Waals surface area contributed by atoms with Crippen LogP contribution < -0.4 is 21.5 Å². The van der Waals surface area contributed by atoms with Gasteiger partial charge in [-0.25, -0.2) is 9.13 Å². The van der Waals surface area contributed by atoms with Crippen molar-refractivity contribution >= 4 is 23.2 Å². The molecule has 2 rings (SSSR count). The van der Waals surface area contributed by atoms with Gasteiger partial charge in [0.1, 0.15) is 18.9 Å². The van der Waals surface area contributed by atoms with Crippen molar-refractivity contribution in [3.63, 3.8) is 0 Å². The maximum atomic E-state index is 6.20. The molecule has 1 aromatic carbocycles. The molecule has 0 aliphatic heterocycles. The van der Waals surface area contributed by atoms with Crippen LogP contribution in [-0.2, 0) is 6.54 Å². The van der Waals surface area contributed by atoms with Gasteiger partial charge in [0.2, 0.25) is 0 Å². The highest BCUT2D eigenvalue weighted by Gasteiger charge is 2.17. The zero-order valence-electron chi connectivity index (χ0n) is 11.2. The van der Waals surface area contributed by atoms with E-state index in [0.717, 1.165) is 5.56 Å². The Bertz CT molecular complexity index is 544. The smallest absolute Gasteiger partial charge is 0.253 e. The van der Waals surface area contributed by atoms with Gasteiger partial charge >= 0.3 is 0 Å². The lowest BCUT2D eigenvalue weighted by Gasteiger charge is -2.06. The molecule has 104 valence electrons. The fourth-order valence-electron chi connectivity index (χ4n) is 2.08. The van der Waals surface area contributed by atoms with Crippen molar-refractivity contribution in [1.29, 1.82) is 0 Å². The normalized spacial score (nSPS) is 10.6. The highest BCUT2D eigenvalue weighted by molar-refractivity contribution is 6.35. The van der Waals surface area contributed by atoms with E-state index in [2.05, 4.69) is 42.3 Å². The number of halogens is 3. The van der Waals surface area contributed by atoms with Gasteiger partial charge in [0.05, 0.1) is 6.04 Å². The predicted molar refractivity (Wildman–Crippen MR) is 75.3 cm³/mol. The molecule has 2 nitrogen and oxygen atoms in total. The van der Waals surface area contributed by atoms with Gasteiger partial charge in [-0.05, 0) is 26.0 Å². The third-order valence-electron chi connectivity index (χ3n) is 3.14. The first kappa shape index (κ1) is 16.5. The Balaban J connectivity index is 0.00000180.